The van der Waals surface area contributed by atoms with E-state index in [9.17, 15) is 0 Å². The molecule has 0 N–H and O–H groups in total. The average Bonchev–Trinajstić information content (AvgIpc) is 3.11. The van der Waals surface area contributed by atoms with E-state index in [-0.39, 0.29) is 0 Å². The Kier molecular flexibility index (Phi) is 4.09. The highest BCUT2D eigenvalue weighted by atomic mass is 16.5. The van der Waals surface area contributed by atoms with Crippen molar-refractivity contribution in [2.75, 3.05) is 7.11 Å². The van der Waals surface area contributed by atoms with E-state index in [1.165, 1.54) is 0 Å². The third kappa shape index (κ3) is 3.06. The Labute approximate surface area is 146 Å². The summed E-state index contributed by atoms with van der Waals surface area (Å²) < 4.78 is 13.5. The molecule has 2 aromatic heterocycles. The Morgan fingerprint density at radius 3 is 2.60 bits per heavy atom. The molecule has 0 saturated carbocycles. The fourth-order valence-electron chi connectivity index (χ4n) is 2.83. The van der Waals surface area contributed by atoms with Crippen molar-refractivity contribution >= 4 is 5.65 Å². The molecule has 0 aliphatic rings. The second kappa shape index (κ2) is 6.69. The lowest BCUT2D eigenvalue weighted by molar-refractivity contribution is 0.284. The maximum absolute atomic E-state index is 5.93. The molecule has 124 valence electrons. The number of nitrogens with zero attached hydrogens (tertiary/aromatic N) is 2. The van der Waals surface area contributed by atoms with Crippen molar-refractivity contribution in [3.63, 3.8) is 0 Å². The van der Waals surface area contributed by atoms with Crippen LogP contribution in [0, 0.1) is 0 Å². The summed E-state index contributed by atoms with van der Waals surface area (Å²) in [6.45, 7) is 0.506. The summed E-state index contributed by atoms with van der Waals surface area (Å²) in [7, 11) is 1.66. The highest BCUT2D eigenvalue weighted by molar-refractivity contribution is 5.67. The molecule has 4 heteroatoms. The molecule has 0 radical (unpaired) electrons. The largest absolute Gasteiger partial charge is 0.493 e. The van der Waals surface area contributed by atoms with Gasteiger partial charge in [0.25, 0.3) is 0 Å². The number of methoxy groups -OCH3 is 1. The summed E-state index contributed by atoms with van der Waals surface area (Å²) in [6.07, 6.45) is 3.87. The Morgan fingerprint density at radius 1 is 0.920 bits per heavy atom. The van der Waals surface area contributed by atoms with Crippen molar-refractivity contribution in [2.24, 2.45) is 0 Å². The lowest BCUT2D eigenvalue weighted by Gasteiger charge is -2.12. The minimum absolute atomic E-state index is 0.506. The van der Waals surface area contributed by atoms with Gasteiger partial charge < -0.3 is 9.47 Å². The molecule has 25 heavy (non-hydrogen) atoms. The molecule has 4 rings (SSSR count). The first kappa shape index (κ1) is 15.3. The molecule has 4 nitrogen and oxygen atoms in total. The van der Waals surface area contributed by atoms with Gasteiger partial charge in [-0.3, -0.25) is 4.40 Å². The van der Waals surface area contributed by atoms with Gasteiger partial charge in [0, 0.05) is 11.8 Å². The van der Waals surface area contributed by atoms with Crippen LogP contribution in [0.25, 0.3) is 16.9 Å². The fourth-order valence-corrected chi connectivity index (χ4v) is 2.83. The lowest BCUT2D eigenvalue weighted by Crippen LogP contribution is -1.98. The number of ether oxygens (including phenoxy) is 2. The molecule has 0 unspecified atom stereocenters. The molecule has 0 spiro atoms. The average molecular weight is 330 g/mol. The van der Waals surface area contributed by atoms with E-state index in [0.717, 1.165) is 28.2 Å². The molecule has 2 heterocycles. The fraction of sp³-hybridized carbons (Fsp3) is 0.0952. The summed E-state index contributed by atoms with van der Waals surface area (Å²) in [4.78, 5) is 4.44. The van der Waals surface area contributed by atoms with Crippen LogP contribution in [-0.4, -0.2) is 16.5 Å². The van der Waals surface area contributed by atoms with Gasteiger partial charge in [-0.25, -0.2) is 4.98 Å². The van der Waals surface area contributed by atoms with E-state index in [1.54, 1.807) is 7.11 Å². The number of aromatic nitrogens is 2. The van der Waals surface area contributed by atoms with Gasteiger partial charge >= 0.3 is 0 Å². The van der Waals surface area contributed by atoms with E-state index < -0.39 is 0 Å². The van der Waals surface area contributed by atoms with E-state index >= 15 is 0 Å². The van der Waals surface area contributed by atoms with Gasteiger partial charge in [-0.2, -0.15) is 0 Å². The number of fused-ring (bicyclic) bond motifs is 1. The van der Waals surface area contributed by atoms with Crippen molar-refractivity contribution < 1.29 is 9.47 Å². The molecule has 0 aliphatic heterocycles. The zero-order valence-corrected chi connectivity index (χ0v) is 13.9. The van der Waals surface area contributed by atoms with Crippen LogP contribution in [-0.2, 0) is 6.61 Å². The van der Waals surface area contributed by atoms with Gasteiger partial charge in [0.05, 0.1) is 19.0 Å². The third-order valence-corrected chi connectivity index (χ3v) is 4.11. The number of imidazole rings is 1. The molecule has 0 atom stereocenters. The number of rotatable bonds is 5. The molecular formula is C21H18N2O2. The zero-order chi connectivity index (χ0) is 17.1. The van der Waals surface area contributed by atoms with Gasteiger partial charge in [0.2, 0.25) is 0 Å². The Hall–Kier alpha value is -3.27. The van der Waals surface area contributed by atoms with Gasteiger partial charge in [-0.1, -0.05) is 36.4 Å². The van der Waals surface area contributed by atoms with Crippen LogP contribution in [0.1, 0.15) is 5.56 Å². The Morgan fingerprint density at radius 2 is 1.76 bits per heavy atom. The smallest absolute Gasteiger partial charge is 0.161 e. The molecule has 0 aliphatic carbocycles. The number of hydrogen-bond acceptors (Lipinski definition) is 3. The Balaban J connectivity index is 1.63. The first-order valence-corrected chi connectivity index (χ1v) is 8.12. The summed E-state index contributed by atoms with van der Waals surface area (Å²) in [5.41, 5.74) is 4.09. The maximum atomic E-state index is 5.93. The molecule has 0 bridgehead atoms. The SMILES string of the molecule is COc1cc(-c2cnc3ccccn23)ccc1OCc1ccccc1. The van der Waals surface area contributed by atoms with Crippen molar-refractivity contribution in [3.8, 4) is 22.8 Å². The summed E-state index contributed by atoms with van der Waals surface area (Å²) in [5.74, 6) is 1.43. The molecule has 0 amide bonds. The van der Waals surface area contributed by atoms with Crippen molar-refractivity contribution in [1.29, 1.82) is 0 Å². The van der Waals surface area contributed by atoms with Crippen LogP contribution >= 0.6 is 0 Å². The first-order chi connectivity index (χ1) is 12.3. The first-order valence-electron chi connectivity index (χ1n) is 8.12. The van der Waals surface area contributed by atoms with Crippen molar-refractivity contribution in [1.82, 2.24) is 9.38 Å². The van der Waals surface area contributed by atoms with Crippen LogP contribution in [0.2, 0.25) is 0 Å². The monoisotopic (exact) mass is 330 g/mol. The summed E-state index contributed by atoms with van der Waals surface area (Å²) >= 11 is 0. The predicted octanol–water partition coefficient (Wildman–Crippen LogP) is 4.59. The van der Waals surface area contributed by atoms with Crippen LogP contribution in [0.5, 0.6) is 11.5 Å². The second-order valence-electron chi connectivity index (χ2n) is 5.71. The molecule has 0 fully saturated rings. The number of benzene rings is 2. The van der Waals surface area contributed by atoms with Gasteiger partial charge in [-0.05, 0) is 35.9 Å². The number of hydrogen-bond donors (Lipinski definition) is 0. The summed E-state index contributed by atoms with van der Waals surface area (Å²) in [5, 5.41) is 0. The van der Waals surface area contributed by atoms with Crippen LogP contribution in [0.3, 0.4) is 0 Å². The second-order valence-corrected chi connectivity index (χ2v) is 5.71. The quantitative estimate of drug-likeness (QED) is 0.537. The van der Waals surface area contributed by atoms with Gasteiger partial charge in [-0.15, -0.1) is 0 Å². The molecular weight excluding hydrogens is 312 g/mol. The lowest BCUT2D eigenvalue weighted by atomic mass is 10.1. The van der Waals surface area contributed by atoms with E-state index in [1.807, 2.05) is 79.1 Å². The highest BCUT2D eigenvalue weighted by Crippen LogP contribution is 2.33. The van der Waals surface area contributed by atoms with Crippen LogP contribution in [0.4, 0.5) is 0 Å². The predicted molar refractivity (Wildman–Crippen MR) is 98.0 cm³/mol. The minimum atomic E-state index is 0.506. The topological polar surface area (TPSA) is 35.8 Å². The summed E-state index contributed by atoms with van der Waals surface area (Å²) in [6, 6.07) is 22.0. The minimum Gasteiger partial charge on any atom is -0.493 e. The van der Waals surface area contributed by atoms with Gasteiger partial charge in [0.1, 0.15) is 12.3 Å². The standard InChI is InChI=1S/C21H18N2O2/c1-24-20-13-17(18-14-22-21-9-5-6-12-23(18)21)10-11-19(20)25-15-16-7-3-2-4-8-16/h2-14H,15H2,1H3. The maximum Gasteiger partial charge on any atom is 0.161 e. The molecule has 0 saturated heterocycles. The Bertz CT molecular complexity index is 993. The zero-order valence-electron chi connectivity index (χ0n) is 13.9. The van der Waals surface area contributed by atoms with E-state index in [2.05, 4.69) is 9.38 Å². The van der Waals surface area contributed by atoms with Gasteiger partial charge in [0.15, 0.2) is 11.5 Å². The normalized spacial score (nSPS) is 10.8. The van der Waals surface area contributed by atoms with Crippen molar-refractivity contribution in [2.45, 2.75) is 6.61 Å². The van der Waals surface area contributed by atoms with E-state index in [0.29, 0.717) is 12.4 Å². The molecule has 2 aromatic carbocycles. The van der Waals surface area contributed by atoms with E-state index in [4.69, 9.17) is 9.47 Å². The van der Waals surface area contributed by atoms with Crippen LogP contribution in [0.15, 0.2) is 79.1 Å². The molecule has 4 aromatic rings. The number of pyridine rings is 1. The third-order valence-electron chi connectivity index (χ3n) is 4.11. The van der Waals surface area contributed by atoms with Crippen molar-refractivity contribution in [3.05, 3.63) is 84.7 Å². The van der Waals surface area contributed by atoms with Crippen LogP contribution < -0.4 is 9.47 Å². The highest BCUT2D eigenvalue weighted by Gasteiger charge is 2.10.